The van der Waals surface area contributed by atoms with E-state index in [0.29, 0.717) is 5.56 Å². The SMILES string of the molecule is CN1c2ccc3ccccc3c2OC1CC(=O)c1ccc(F)cc1. The Balaban J connectivity index is 1.61. The van der Waals surface area contributed by atoms with Gasteiger partial charge >= 0.3 is 0 Å². The number of nitrogens with zero attached hydrogens (tertiary/aromatic N) is 1. The van der Waals surface area contributed by atoms with Crippen LogP contribution < -0.4 is 9.64 Å². The zero-order valence-electron chi connectivity index (χ0n) is 13.2. The summed E-state index contributed by atoms with van der Waals surface area (Å²) in [5.74, 6) is 0.399. The van der Waals surface area contributed by atoms with Crippen LogP contribution in [0.3, 0.4) is 0 Å². The van der Waals surface area contributed by atoms with Crippen molar-refractivity contribution in [3.05, 3.63) is 72.0 Å². The molecule has 0 saturated carbocycles. The number of ether oxygens (including phenoxy) is 1. The van der Waals surface area contributed by atoms with Crippen molar-refractivity contribution in [2.24, 2.45) is 0 Å². The van der Waals surface area contributed by atoms with Gasteiger partial charge in [-0.25, -0.2) is 4.39 Å². The second-order valence-electron chi connectivity index (χ2n) is 5.95. The molecule has 3 nitrogen and oxygen atoms in total. The predicted molar refractivity (Wildman–Crippen MR) is 92.1 cm³/mol. The Hall–Kier alpha value is -2.88. The molecule has 120 valence electrons. The molecule has 4 rings (SSSR count). The van der Waals surface area contributed by atoms with Gasteiger partial charge in [0.25, 0.3) is 0 Å². The second-order valence-corrected chi connectivity index (χ2v) is 5.95. The maximum atomic E-state index is 13.0. The van der Waals surface area contributed by atoms with Crippen LogP contribution >= 0.6 is 0 Å². The number of carbonyl (C=O) groups is 1. The summed E-state index contributed by atoms with van der Waals surface area (Å²) in [4.78, 5) is 14.4. The number of rotatable bonds is 3. The maximum Gasteiger partial charge on any atom is 0.179 e. The Morgan fingerprint density at radius 3 is 2.62 bits per heavy atom. The topological polar surface area (TPSA) is 29.5 Å². The fourth-order valence-electron chi connectivity index (χ4n) is 3.09. The third-order valence-electron chi connectivity index (χ3n) is 4.45. The largest absolute Gasteiger partial charge is 0.467 e. The first-order chi connectivity index (χ1) is 11.6. The maximum absolute atomic E-state index is 13.0. The van der Waals surface area contributed by atoms with Crippen LogP contribution in [0.4, 0.5) is 10.1 Å². The summed E-state index contributed by atoms with van der Waals surface area (Å²) in [6, 6.07) is 17.7. The van der Waals surface area contributed by atoms with Crippen molar-refractivity contribution in [1.82, 2.24) is 0 Å². The molecular formula is C20H16FNO2. The summed E-state index contributed by atoms with van der Waals surface area (Å²) in [5, 5.41) is 2.15. The molecule has 1 aliphatic heterocycles. The molecule has 1 atom stereocenters. The average molecular weight is 321 g/mol. The smallest absolute Gasteiger partial charge is 0.179 e. The number of Topliss-reactive ketones (excluding diaryl/α,β-unsaturated/α-hetero) is 1. The Morgan fingerprint density at radius 2 is 1.83 bits per heavy atom. The van der Waals surface area contributed by atoms with Gasteiger partial charge in [-0.15, -0.1) is 0 Å². The summed E-state index contributed by atoms with van der Waals surface area (Å²) in [7, 11) is 1.92. The molecule has 0 N–H and O–H groups in total. The molecule has 0 spiro atoms. The highest BCUT2D eigenvalue weighted by Crippen LogP contribution is 2.42. The van der Waals surface area contributed by atoms with E-state index in [0.717, 1.165) is 22.2 Å². The van der Waals surface area contributed by atoms with E-state index >= 15 is 0 Å². The molecule has 0 saturated heterocycles. The minimum Gasteiger partial charge on any atom is -0.467 e. The third-order valence-corrected chi connectivity index (χ3v) is 4.45. The van der Waals surface area contributed by atoms with E-state index in [2.05, 4.69) is 6.07 Å². The molecule has 24 heavy (non-hydrogen) atoms. The molecular weight excluding hydrogens is 305 g/mol. The van der Waals surface area contributed by atoms with Gasteiger partial charge in [-0.3, -0.25) is 4.79 Å². The Morgan fingerprint density at radius 1 is 1.08 bits per heavy atom. The lowest BCUT2D eigenvalue weighted by atomic mass is 10.1. The number of benzene rings is 3. The van der Waals surface area contributed by atoms with Crippen LogP contribution in [0, 0.1) is 5.82 Å². The molecule has 0 radical (unpaired) electrons. The van der Waals surface area contributed by atoms with Crippen molar-refractivity contribution in [3.63, 3.8) is 0 Å². The van der Waals surface area contributed by atoms with E-state index < -0.39 is 0 Å². The fraction of sp³-hybridized carbons (Fsp3) is 0.150. The highest BCUT2D eigenvalue weighted by atomic mass is 19.1. The molecule has 1 heterocycles. The lowest BCUT2D eigenvalue weighted by Crippen LogP contribution is -2.33. The van der Waals surface area contributed by atoms with E-state index in [-0.39, 0.29) is 24.2 Å². The average Bonchev–Trinajstić information content (AvgIpc) is 2.92. The number of fused-ring (bicyclic) bond motifs is 3. The van der Waals surface area contributed by atoms with Crippen LogP contribution in [0.1, 0.15) is 16.8 Å². The first-order valence-corrected chi connectivity index (χ1v) is 7.83. The van der Waals surface area contributed by atoms with E-state index in [1.54, 1.807) is 0 Å². The van der Waals surface area contributed by atoms with E-state index in [4.69, 9.17) is 4.74 Å². The number of ketones is 1. The van der Waals surface area contributed by atoms with Gasteiger partial charge in [-0.05, 0) is 35.7 Å². The van der Waals surface area contributed by atoms with E-state index in [9.17, 15) is 9.18 Å². The molecule has 0 aromatic heterocycles. The van der Waals surface area contributed by atoms with Gasteiger partial charge < -0.3 is 9.64 Å². The summed E-state index contributed by atoms with van der Waals surface area (Å²) in [5.41, 5.74) is 1.47. The van der Waals surface area contributed by atoms with Crippen LogP contribution in [0.15, 0.2) is 60.7 Å². The molecule has 3 aromatic carbocycles. The Labute approximate surface area is 139 Å². The number of hydrogen-bond acceptors (Lipinski definition) is 3. The minimum absolute atomic E-state index is 0.0658. The van der Waals surface area contributed by atoms with E-state index in [1.165, 1.54) is 24.3 Å². The first-order valence-electron chi connectivity index (χ1n) is 7.83. The Bertz CT molecular complexity index is 921. The van der Waals surface area contributed by atoms with Crippen LogP contribution in [0.2, 0.25) is 0 Å². The number of halogens is 1. The van der Waals surface area contributed by atoms with Crippen LogP contribution in [0.25, 0.3) is 10.8 Å². The predicted octanol–water partition coefficient (Wildman–Crippen LogP) is 4.41. The number of hydrogen-bond donors (Lipinski definition) is 0. The van der Waals surface area contributed by atoms with Crippen molar-refractivity contribution in [3.8, 4) is 5.75 Å². The highest BCUT2D eigenvalue weighted by Gasteiger charge is 2.31. The van der Waals surface area contributed by atoms with Crippen molar-refractivity contribution in [2.45, 2.75) is 12.6 Å². The van der Waals surface area contributed by atoms with Gasteiger partial charge in [-0.2, -0.15) is 0 Å². The third kappa shape index (κ3) is 2.40. The van der Waals surface area contributed by atoms with Crippen LogP contribution in [-0.2, 0) is 0 Å². The van der Waals surface area contributed by atoms with Gasteiger partial charge in [0.15, 0.2) is 17.8 Å². The van der Waals surface area contributed by atoms with Gasteiger partial charge in [0.1, 0.15) is 5.82 Å². The quantitative estimate of drug-likeness (QED) is 0.669. The molecule has 0 bridgehead atoms. The zero-order valence-corrected chi connectivity index (χ0v) is 13.2. The normalized spacial score (nSPS) is 16.1. The molecule has 0 fully saturated rings. The number of anilines is 1. The molecule has 1 unspecified atom stereocenters. The lowest BCUT2D eigenvalue weighted by Gasteiger charge is -2.19. The molecule has 0 aliphatic carbocycles. The molecule has 1 aliphatic rings. The molecule has 3 aromatic rings. The van der Waals surface area contributed by atoms with Crippen molar-refractivity contribution < 1.29 is 13.9 Å². The summed E-state index contributed by atoms with van der Waals surface area (Å²) in [6.45, 7) is 0. The zero-order chi connectivity index (χ0) is 16.7. The monoisotopic (exact) mass is 321 g/mol. The summed E-state index contributed by atoms with van der Waals surface area (Å²) in [6.07, 6.45) is -0.145. The van der Waals surface area contributed by atoms with Crippen LogP contribution in [-0.4, -0.2) is 19.1 Å². The van der Waals surface area contributed by atoms with Gasteiger partial charge in [0.2, 0.25) is 0 Å². The highest BCUT2D eigenvalue weighted by molar-refractivity contribution is 5.98. The number of carbonyl (C=O) groups excluding carboxylic acids is 1. The Kier molecular flexibility index (Phi) is 3.45. The lowest BCUT2D eigenvalue weighted by molar-refractivity contribution is 0.0923. The molecule has 0 amide bonds. The minimum atomic E-state index is -0.358. The van der Waals surface area contributed by atoms with Crippen LogP contribution in [0.5, 0.6) is 5.75 Å². The first kappa shape index (κ1) is 14.7. The van der Waals surface area contributed by atoms with Crippen molar-refractivity contribution >= 4 is 22.2 Å². The van der Waals surface area contributed by atoms with E-state index in [1.807, 2.05) is 42.3 Å². The van der Waals surface area contributed by atoms with Gasteiger partial charge in [0.05, 0.1) is 12.1 Å². The second kappa shape index (κ2) is 5.64. The standard InChI is InChI=1S/C20H16FNO2/c1-22-17-11-8-13-4-2-3-5-16(13)20(17)24-19(22)12-18(23)14-6-9-15(21)10-7-14/h2-11,19H,12H2,1H3. The van der Waals surface area contributed by atoms with Crippen molar-refractivity contribution in [2.75, 3.05) is 11.9 Å². The summed E-state index contributed by atoms with van der Waals surface area (Å²) < 4.78 is 19.1. The molecule has 4 heteroatoms. The van der Waals surface area contributed by atoms with Crippen molar-refractivity contribution in [1.29, 1.82) is 0 Å². The van der Waals surface area contributed by atoms with Gasteiger partial charge in [-0.1, -0.05) is 30.3 Å². The van der Waals surface area contributed by atoms with Gasteiger partial charge in [0, 0.05) is 18.0 Å². The summed E-state index contributed by atoms with van der Waals surface area (Å²) >= 11 is 0. The fourth-order valence-corrected chi connectivity index (χ4v) is 3.09.